The average molecular weight is 457 g/mol. The Bertz CT molecular complexity index is 1250. The van der Waals surface area contributed by atoms with E-state index >= 15 is 0 Å². The predicted molar refractivity (Wildman–Crippen MR) is 132 cm³/mol. The van der Waals surface area contributed by atoms with Crippen molar-refractivity contribution in [3.05, 3.63) is 101 Å². The topological polar surface area (TPSA) is 47.2 Å². The molecule has 0 radical (unpaired) electrons. The van der Waals surface area contributed by atoms with Crippen LogP contribution in [0, 0.1) is 5.82 Å². The van der Waals surface area contributed by atoms with Crippen molar-refractivity contribution in [2.75, 3.05) is 0 Å². The Balaban J connectivity index is 1.42. The van der Waals surface area contributed by atoms with E-state index in [-0.39, 0.29) is 17.8 Å². The molecule has 0 saturated carbocycles. The Morgan fingerprint density at radius 3 is 2.53 bits per heavy atom. The van der Waals surface area contributed by atoms with Gasteiger partial charge in [0.15, 0.2) is 0 Å². The summed E-state index contributed by atoms with van der Waals surface area (Å²) in [5.74, 6) is 0.514. The number of halogens is 1. The van der Waals surface area contributed by atoms with Gasteiger partial charge < -0.3 is 14.3 Å². The molecule has 5 rings (SSSR count). The predicted octanol–water partition coefficient (Wildman–Crippen LogP) is 6.51. The molecule has 0 unspecified atom stereocenters. The molecular formula is C29H29FN2O2. The average Bonchev–Trinajstić information content (AvgIpc) is 3.41. The van der Waals surface area contributed by atoms with Crippen molar-refractivity contribution in [1.82, 2.24) is 9.88 Å². The summed E-state index contributed by atoms with van der Waals surface area (Å²) in [7, 11) is 0. The number of benzene rings is 2. The van der Waals surface area contributed by atoms with Crippen molar-refractivity contribution >= 4 is 5.91 Å². The molecule has 1 atom stereocenters. The molecule has 0 spiro atoms. The first-order valence-corrected chi connectivity index (χ1v) is 12.0. The number of amides is 1. The Labute approximate surface area is 199 Å². The van der Waals surface area contributed by atoms with Gasteiger partial charge in [0.25, 0.3) is 5.91 Å². The Hall–Kier alpha value is -3.60. The quantitative estimate of drug-likeness (QED) is 0.336. The zero-order chi connectivity index (χ0) is 23.5. The van der Waals surface area contributed by atoms with Crippen LogP contribution < -0.4 is 5.32 Å². The second-order valence-electron chi connectivity index (χ2n) is 9.11. The number of hydrogen-bond acceptors (Lipinski definition) is 2. The van der Waals surface area contributed by atoms with E-state index in [4.69, 9.17) is 4.42 Å². The van der Waals surface area contributed by atoms with Gasteiger partial charge in [-0.2, -0.15) is 0 Å². The van der Waals surface area contributed by atoms with E-state index in [0.717, 1.165) is 42.0 Å². The zero-order valence-corrected chi connectivity index (χ0v) is 19.4. The lowest BCUT2D eigenvalue weighted by atomic mass is 10.1. The van der Waals surface area contributed by atoms with Crippen molar-refractivity contribution in [1.29, 1.82) is 0 Å². The van der Waals surface area contributed by atoms with Gasteiger partial charge in [-0.25, -0.2) is 4.39 Å². The van der Waals surface area contributed by atoms with E-state index < -0.39 is 0 Å². The van der Waals surface area contributed by atoms with Crippen molar-refractivity contribution < 1.29 is 13.6 Å². The van der Waals surface area contributed by atoms with Crippen LogP contribution in [0.25, 0.3) is 16.9 Å². The summed E-state index contributed by atoms with van der Waals surface area (Å²) in [4.78, 5) is 12.8. The fourth-order valence-corrected chi connectivity index (χ4v) is 4.85. The molecular weight excluding hydrogens is 427 g/mol. The summed E-state index contributed by atoms with van der Waals surface area (Å²) in [5, 5.41) is 3.05. The Morgan fingerprint density at radius 1 is 1.03 bits per heavy atom. The van der Waals surface area contributed by atoms with Gasteiger partial charge in [0, 0.05) is 29.4 Å². The molecule has 174 valence electrons. The lowest BCUT2D eigenvalue weighted by Gasteiger charge is -2.16. The third-order valence-electron chi connectivity index (χ3n) is 6.54. The van der Waals surface area contributed by atoms with Crippen LogP contribution in [-0.4, -0.2) is 16.5 Å². The molecule has 1 aliphatic rings. The third kappa shape index (κ3) is 4.69. The number of nitrogens with one attached hydrogen (secondary N) is 1. The molecule has 0 aliphatic heterocycles. The van der Waals surface area contributed by atoms with Crippen LogP contribution >= 0.6 is 0 Å². The minimum atomic E-state index is -0.236. The number of carbonyl (C=O) groups excluding carboxylic acids is 1. The fourth-order valence-electron chi connectivity index (χ4n) is 4.85. The van der Waals surface area contributed by atoms with E-state index in [1.807, 2.05) is 55.5 Å². The van der Waals surface area contributed by atoms with E-state index in [1.165, 1.54) is 36.2 Å². The maximum Gasteiger partial charge on any atom is 0.251 e. The first kappa shape index (κ1) is 22.2. The smallest absolute Gasteiger partial charge is 0.251 e. The van der Waals surface area contributed by atoms with Crippen LogP contribution in [0.3, 0.4) is 0 Å². The Kier molecular flexibility index (Phi) is 6.35. The van der Waals surface area contributed by atoms with Crippen LogP contribution in [0.1, 0.15) is 53.6 Å². The highest BCUT2D eigenvalue weighted by molar-refractivity contribution is 5.94. The van der Waals surface area contributed by atoms with Crippen molar-refractivity contribution in [3.8, 4) is 16.9 Å². The van der Waals surface area contributed by atoms with Crippen LogP contribution in [0.2, 0.25) is 0 Å². The van der Waals surface area contributed by atoms with E-state index in [1.54, 1.807) is 6.26 Å². The third-order valence-corrected chi connectivity index (χ3v) is 6.54. The van der Waals surface area contributed by atoms with Gasteiger partial charge in [-0.15, -0.1) is 0 Å². The number of hydrogen-bond donors (Lipinski definition) is 1. The number of rotatable bonds is 6. The normalized spacial score (nSPS) is 14.3. The molecule has 0 bridgehead atoms. The standard InChI is InChI=1S/C29H29FN2O2/c1-20(18-26-7-5-17-34-26)31-29(33)22-11-15-25(16-12-22)32-27-8-4-2-3-6-23(27)19-28(32)21-9-13-24(30)14-10-21/h5,7,9-17,19-20H,2-4,6,8,18H2,1H3,(H,31,33)/t20-/m1/s1. The highest BCUT2D eigenvalue weighted by Crippen LogP contribution is 2.33. The summed E-state index contributed by atoms with van der Waals surface area (Å²) in [5.41, 5.74) is 6.38. The zero-order valence-electron chi connectivity index (χ0n) is 19.4. The number of carbonyl (C=O) groups is 1. The number of nitrogens with zero attached hydrogens (tertiary/aromatic N) is 1. The van der Waals surface area contributed by atoms with Crippen LogP contribution in [-0.2, 0) is 19.3 Å². The minimum Gasteiger partial charge on any atom is -0.469 e. The van der Waals surface area contributed by atoms with E-state index in [9.17, 15) is 9.18 Å². The highest BCUT2D eigenvalue weighted by atomic mass is 19.1. The van der Waals surface area contributed by atoms with Crippen LogP contribution in [0.15, 0.2) is 77.4 Å². The first-order valence-electron chi connectivity index (χ1n) is 12.0. The van der Waals surface area contributed by atoms with Gasteiger partial charge in [-0.3, -0.25) is 4.79 Å². The van der Waals surface area contributed by atoms with Crippen molar-refractivity contribution in [2.24, 2.45) is 0 Å². The summed E-state index contributed by atoms with van der Waals surface area (Å²) in [6.45, 7) is 1.97. The molecule has 5 heteroatoms. The number of aromatic nitrogens is 1. The van der Waals surface area contributed by atoms with Crippen molar-refractivity contribution in [3.63, 3.8) is 0 Å². The maximum absolute atomic E-state index is 13.6. The molecule has 4 nitrogen and oxygen atoms in total. The van der Waals surface area contributed by atoms with Gasteiger partial charge in [-0.1, -0.05) is 6.42 Å². The second-order valence-corrected chi connectivity index (χ2v) is 9.11. The summed E-state index contributed by atoms with van der Waals surface area (Å²) < 4.78 is 21.2. The van der Waals surface area contributed by atoms with Crippen LogP contribution in [0.4, 0.5) is 4.39 Å². The monoisotopic (exact) mass is 456 g/mol. The van der Waals surface area contributed by atoms with Gasteiger partial charge >= 0.3 is 0 Å². The van der Waals surface area contributed by atoms with Gasteiger partial charge in [-0.05, 0) is 110 Å². The molecule has 1 amide bonds. The fraction of sp³-hybridized carbons (Fsp3) is 0.276. The lowest BCUT2D eigenvalue weighted by Crippen LogP contribution is -2.33. The molecule has 2 heterocycles. The second kappa shape index (κ2) is 9.72. The molecule has 1 N–H and O–H groups in total. The number of fused-ring (bicyclic) bond motifs is 1. The maximum atomic E-state index is 13.6. The number of aryl methyl sites for hydroxylation is 1. The molecule has 34 heavy (non-hydrogen) atoms. The highest BCUT2D eigenvalue weighted by Gasteiger charge is 2.20. The van der Waals surface area contributed by atoms with E-state index in [2.05, 4.69) is 16.0 Å². The summed E-state index contributed by atoms with van der Waals surface area (Å²) in [6.07, 6.45) is 7.95. The first-order chi connectivity index (χ1) is 16.6. The van der Waals surface area contributed by atoms with Gasteiger partial charge in [0.1, 0.15) is 11.6 Å². The van der Waals surface area contributed by atoms with Crippen LogP contribution in [0.5, 0.6) is 0 Å². The molecule has 2 aromatic carbocycles. The minimum absolute atomic E-state index is 0.0383. The van der Waals surface area contributed by atoms with Gasteiger partial charge in [0.2, 0.25) is 0 Å². The molecule has 0 saturated heterocycles. The molecule has 1 aliphatic carbocycles. The Morgan fingerprint density at radius 2 is 1.79 bits per heavy atom. The summed E-state index contributed by atoms with van der Waals surface area (Å²) >= 11 is 0. The molecule has 4 aromatic rings. The largest absolute Gasteiger partial charge is 0.469 e. The molecule has 2 aromatic heterocycles. The van der Waals surface area contributed by atoms with Gasteiger partial charge in [0.05, 0.1) is 12.0 Å². The summed E-state index contributed by atoms with van der Waals surface area (Å²) in [6, 6.07) is 20.4. The number of furan rings is 1. The SMILES string of the molecule is C[C@H](Cc1ccco1)NC(=O)c1ccc(-n2c(-c3ccc(F)cc3)cc3c2CCCCC3)cc1. The molecule has 0 fully saturated rings. The van der Waals surface area contributed by atoms with E-state index in [0.29, 0.717) is 12.0 Å². The lowest BCUT2D eigenvalue weighted by molar-refractivity contribution is 0.0939. The van der Waals surface area contributed by atoms with Crippen molar-refractivity contribution in [2.45, 2.75) is 51.5 Å².